The summed E-state index contributed by atoms with van der Waals surface area (Å²) in [5.74, 6) is 0.855. The molecule has 0 bridgehead atoms. The van der Waals surface area contributed by atoms with Crippen molar-refractivity contribution in [2.45, 2.75) is 26.4 Å². The fourth-order valence-corrected chi connectivity index (χ4v) is 2.61. The van der Waals surface area contributed by atoms with E-state index in [4.69, 9.17) is 4.74 Å². The molecule has 0 saturated carbocycles. The normalized spacial score (nSPS) is 12.4. The Morgan fingerprint density at radius 1 is 1.45 bits per heavy atom. The first kappa shape index (κ1) is 15.1. The third-order valence-corrected chi connectivity index (χ3v) is 3.85. The van der Waals surface area contributed by atoms with Crippen molar-refractivity contribution < 1.29 is 4.74 Å². The Morgan fingerprint density at radius 2 is 2.25 bits per heavy atom. The van der Waals surface area contributed by atoms with Crippen LogP contribution in [0, 0.1) is 6.92 Å². The van der Waals surface area contributed by atoms with Crippen LogP contribution in [0.3, 0.4) is 0 Å². The van der Waals surface area contributed by atoms with E-state index >= 15 is 0 Å². The first-order valence-electron chi connectivity index (χ1n) is 6.66. The molecule has 0 radical (unpaired) electrons. The van der Waals surface area contributed by atoms with Crippen LogP contribution < -0.4 is 10.1 Å². The lowest BCUT2D eigenvalue weighted by atomic mass is 10.1. The molecule has 0 aliphatic rings. The third kappa shape index (κ3) is 3.84. The maximum absolute atomic E-state index is 5.24. The minimum Gasteiger partial charge on any atom is -0.496 e. The Bertz CT molecular complexity index is 568. The zero-order valence-electron chi connectivity index (χ0n) is 12.1. The minimum atomic E-state index is 0.286. The van der Waals surface area contributed by atoms with Crippen molar-refractivity contribution in [2.75, 3.05) is 13.7 Å². The molecule has 4 nitrogen and oxygen atoms in total. The van der Waals surface area contributed by atoms with Crippen LogP contribution in [0.2, 0.25) is 0 Å². The second-order valence-electron chi connectivity index (χ2n) is 4.85. The maximum atomic E-state index is 5.24. The van der Waals surface area contributed by atoms with Gasteiger partial charge in [0, 0.05) is 18.8 Å². The van der Waals surface area contributed by atoms with Crippen LogP contribution in [0.5, 0.6) is 5.75 Å². The number of aryl methyl sites for hydroxylation is 1. The number of nitrogens with one attached hydrogen (secondary N) is 1. The maximum Gasteiger partial charge on any atom is 0.133 e. The van der Waals surface area contributed by atoms with Crippen molar-refractivity contribution in [3.05, 3.63) is 46.2 Å². The van der Waals surface area contributed by atoms with Gasteiger partial charge in [-0.15, -0.1) is 0 Å². The molecule has 0 aliphatic carbocycles. The SMILES string of the molecule is COc1ccc(C(C)NCCn2cc(C)cn2)cc1Br. The Balaban J connectivity index is 1.88. The van der Waals surface area contributed by atoms with Crippen molar-refractivity contribution in [1.82, 2.24) is 15.1 Å². The van der Waals surface area contributed by atoms with E-state index in [-0.39, 0.29) is 6.04 Å². The molecular weight excluding hydrogens is 318 g/mol. The summed E-state index contributed by atoms with van der Waals surface area (Å²) in [5.41, 5.74) is 2.42. The summed E-state index contributed by atoms with van der Waals surface area (Å²) in [6.07, 6.45) is 3.93. The Labute approximate surface area is 128 Å². The molecule has 1 unspecified atom stereocenters. The number of ether oxygens (including phenoxy) is 1. The van der Waals surface area contributed by atoms with Gasteiger partial charge in [0.2, 0.25) is 0 Å². The predicted octanol–water partition coefficient (Wildman–Crippen LogP) is 3.31. The summed E-state index contributed by atoms with van der Waals surface area (Å²) in [7, 11) is 1.67. The number of hydrogen-bond acceptors (Lipinski definition) is 3. The van der Waals surface area contributed by atoms with E-state index < -0.39 is 0 Å². The van der Waals surface area contributed by atoms with E-state index in [0.29, 0.717) is 0 Å². The third-order valence-electron chi connectivity index (χ3n) is 3.23. The fourth-order valence-electron chi connectivity index (χ4n) is 2.05. The topological polar surface area (TPSA) is 39.1 Å². The summed E-state index contributed by atoms with van der Waals surface area (Å²) >= 11 is 3.52. The van der Waals surface area contributed by atoms with E-state index in [1.807, 2.05) is 16.9 Å². The highest BCUT2D eigenvalue weighted by Crippen LogP contribution is 2.27. The molecule has 1 atom stereocenters. The monoisotopic (exact) mass is 337 g/mol. The minimum absolute atomic E-state index is 0.286. The molecule has 5 heteroatoms. The number of halogens is 1. The molecular formula is C15H20BrN3O. The summed E-state index contributed by atoms with van der Waals surface area (Å²) in [4.78, 5) is 0. The number of aromatic nitrogens is 2. The van der Waals surface area contributed by atoms with Gasteiger partial charge in [0.1, 0.15) is 5.75 Å². The quantitative estimate of drug-likeness (QED) is 0.878. The number of methoxy groups -OCH3 is 1. The van der Waals surface area contributed by atoms with Crippen molar-refractivity contribution in [2.24, 2.45) is 0 Å². The zero-order valence-corrected chi connectivity index (χ0v) is 13.6. The van der Waals surface area contributed by atoms with Gasteiger partial charge in [0.25, 0.3) is 0 Å². The molecule has 0 amide bonds. The summed E-state index contributed by atoms with van der Waals surface area (Å²) in [6, 6.07) is 6.44. The van der Waals surface area contributed by atoms with Gasteiger partial charge in [-0.2, -0.15) is 5.10 Å². The Morgan fingerprint density at radius 3 is 2.85 bits per heavy atom. The molecule has 20 heavy (non-hydrogen) atoms. The van der Waals surface area contributed by atoms with E-state index in [2.05, 4.69) is 58.5 Å². The molecule has 2 rings (SSSR count). The van der Waals surface area contributed by atoms with Gasteiger partial charge >= 0.3 is 0 Å². The smallest absolute Gasteiger partial charge is 0.133 e. The Hall–Kier alpha value is -1.33. The Kier molecular flexibility index (Phi) is 5.20. The number of rotatable bonds is 6. The molecule has 0 spiro atoms. The van der Waals surface area contributed by atoms with Crippen molar-refractivity contribution in [3.63, 3.8) is 0 Å². The van der Waals surface area contributed by atoms with Crippen LogP contribution in [0.1, 0.15) is 24.1 Å². The van der Waals surface area contributed by atoms with Crippen LogP contribution in [0.4, 0.5) is 0 Å². The lowest BCUT2D eigenvalue weighted by Crippen LogP contribution is -2.23. The van der Waals surface area contributed by atoms with Gasteiger partial charge in [0.05, 0.1) is 24.3 Å². The van der Waals surface area contributed by atoms with Gasteiger partial charge < -0.3 is 10.1 Å². The van der Waals surface area contributed by atoms with Crippen molar-refractivity contribution in [1.29, 1.82) is 0 Å². The average molecular weight is 338 g/mol. The van der Waals surface area contributed by atoms with Gasteiger partial charge in [-0.3, -0.25) is 4.68 Å². The van der Waals surface area contributed by atoms with Gasteiger partial charge in [-0.25, -0.2) is 0 Å². The van der Waals surface area contributed by atoms with Gasteiger partial charge in [-0.05, 0) is 53.0 Å². The molecule has 2 aromatic rings. The van der Waals surface area contributed by atoms with Gasteiger partial charge in [0.15, 0.2) is 0 Å². The molecule has 1 aromatic heterocycles. The molecule has 108 valence electrons. The average Bonchev–Trinajstić information content (AvgIpc) is 2.84. The van der Waals surface area contributed by atoms with Crippen LogP contribution in [-0.4, -0.2) is 23.4 Å². The first-order chi connectivity index (χ1) is 9.60. The summed E-state index contributed by atoms with van der Waals surface area (Å²) < 4.78 is 8.18. The summed E-state index contributed by atoms with van der Waals surface area (Å²) in [5, 5.41) is 7.77. The molecule has 1 N–H and O–H groups in total. The molecule has 0 saturated heterocycles. The van der Waals surface area contributed by atoms with Crippen LogP contribution in [0.15, 0.2) is 35.1 Å². The molecule has 0 fully saturated rings. The van der Waals surface area contributed by atoms with E-state index in [9.17, 15) is 0 Å². The molecule has 1 heterocycles. The highest BCUT2D eigenvalue weighted by molar-refractivity contribution is 9.10. The number of hydrogen-bond donors (Lipinski definition) is 1. The number of benzene rings is 1. The standard InChI is InChI=1S/C15H20BrN3O/c1-11-9-18-19(10-11)7-6-17-12(2)13-4-5-15(20-3)14(16)8-13/h4-5,8-10,12,17H,6-7H2,1-3H3. The van der Waals surface area contributed by atoms with E-state index in [1.54, 1.807) is 7.11 Å². The van der Waals surface area contributed by atoms with E-state index in [1.165, 1.54) is 11.1 Å². The number of nitrogens with zero attached hydrogens (tertiary/aromatic N) is 2. The van der Waals surface area contributed by atoms with Gasteiger partial charge in [-0.1, -0.05) is 6.07 Å². The largest absolute Gasteiger partial charge is 0.496 e. The highest BCUT2D eigenvalue weighted by Gasteiger charge is 2.08. The molecule has 1 aromatic carbocycles. The molecule has 0 aliphatic heterocycles. The zero-order chi connectivity index (χ0) is 14.5. The first-order valence-corrected chi connectivity index (χ1v) is 7.45. The van der Waals surface area contributed by atoms with Crippen molar-refractivity contribution >= 4 is 15.9 Å². The van der Waals surface area contributed by atoms with E-state index in [0.717, 1.165) is 23.3 Å². The van der Waals surface area contributed by atoms with Crippen LogP contribution in [0.25, 0.3) is 0 Å². The van der Waals surface area contributed by atoms with Crippen LogP contribution in [-0.2, 0) is 6.54 Å². The highest BCUT2D eigenvalue weighted by atomic mass is 79.9. The van der Waals surface area contributed by atoms with Crippen LogP contribution >= 0.6 is 15.9 Å². The second-order valence-corrected chi connectivity index (χ2v) is 5.70. The predicted molar refractivity (Wildman–Crippen MR) is 84.1 cm³/mol. The summed E-state index contributed by atoms with van der Waals surface area (Å²) in [6.45, 7) is 5.96. The van der Waals surface area contributed by atoms with Crippen molar-refractivity contribution in [3.8, 4) is 5.75 Å². The lowest BCUT2D eigenvalue weighted by molar-refractivity contribution is 0.411. The fraction of sp³-hybridized carbons (Fsp3) is 0.400. The second kappa shape index (κ2) is 6.90. The lowest BCUT2D eigenvalue weighted by Gasteiger charge is -2.15.